The van der Waals surface area contributed by atoms with E-state index in [1.807, 2.05) is 18.4 Å². The SMILES string of the molecule is Cc1cc(Cl)ccc1OCC(=O)Nc1nc(CN2CCCCC2)cs1. The van der Waals surface area contributed by atoms with Crippen molar-refractivity contribution in [3.8, 4) is 5.75 Å². The van der Waals surface area contributed by atoms with Gasteiger partial charge in [0.1, 0.15) is 5.75 Å². The molecule has 1 amide bonds. The van der Waals surface area contributed by atoms with E-state index in [0.717, 1.165) is 30.9 Å². The Bertz CT molecular complexity index is 729. The molecule has 7 heteroatoms. The Morgan fingerprint density at radius 1 is 1.36 bits per heavy atom. The number of hydrogen-bond acceptors (Lipinski definition) is 5. The average molecular weight is 380 g/mol. The first kappa shape index (κ1) is 18.2. The molecule has 2 heterocycles. The van der Waals surface area contributed by atoms with E-state index in [1.165, 1.54) is 30.6 Å². The van der Waals surface area contributed by atoms with E-state index in [4.69, 9.17) is 16.3 Å². The van der Waals surface area contributed by atoms with Crippen LogP contribution in [0.5, 0.6) is 5.75 Å². The zero-order valence-corrected chi connectivity index (χ0v) is 15.8. The number of anilines is 1. The lowest BCUT2D eigenvalue weighted by Crippen LogP contribution is -2.29. The number of amides is 1. The van der Waals surface area contributed by atoms with E-state index in [1.54, 1.807) is 12.1 Å². The van der Waals surface area contributed by atoms with Crippen LogP contribution in [0, 0.1) is 6.92 Å². The monoisotopic (exact) mass is 379 g/mol. The van der Waals surface area contributed by atoms with E-state index >= 15 is 0 Å². The van der Waals surface area contributed by atoms with Gasteiger partial charge >= 0.3 is 0 Å². The molecule has 5 nitrogen and oxygen atoms in total. The van der Waals surface area contributed by atoms with E-state index in [0.29, 0.717) is 15.9 Å². The van der Waals surface area contributed by atoms with Crippen LogP contribution in [0.2, 0.25) is 5.02 Å². The van der Waals surface area contributed by atoms with Crippen molar-refractivity contribution in [3.63, 3.8) is 0 Å². The standard InChI is InChI=1S/C18H22ClN3O2S/c1-13-9-14(19)5-6-16(13)24-11-17(23)21-18-20-15(12-25-18)10-22-7-3-2-4-8-22/h5-6,9,12H,2-4,7-8,10-11H2,1H3,(H,20,21,23). The second-order valence-electron chi connectivity index (χ2n) is 6.23. The fourth-order valence-corrected chi connectivity index (χ4v) is 3.80. The van der Waals surface area contributed by atoms with Gasteiger partial charge in [-0.05, 0) is 56.6 Å². The zero-order valence-electron chi connectivity index (χ0n) is 14.3. The first-order valence-corrected chi connectivity index (χ1v) is 9.71. The topological polar surface area (TPSA) is 54.5 Å². The molecule has 0 aliphatic carbocycles. The molecule has 1 aliphatic heterocycles. The van der Waals surface area contributed by atoms with Crippen LogP contribution in [0.3, 0.4) is 0 Å². The Balaban J connectivity index is 1.47. The number of piperidine rings is 1. The quantitative estimate of drug-likeness (QED) is 0.820. The van der Waals surface area contributed by atoms with Gasteiger partial charge in [-0.15, -0.1) is 11.3 Å². The third kappa shape index (κ3) is 5.42. The first-order chi connectivity index (χ1) is 12.1. The number of nitrogens with zero attached hydrogens (tertiary/aromatic N) is 2. The molecule has 2 aromatic rings. The fourth-order valence-electron chi connectivity index (χ4n) is 2.86. The number of carbonyl (C=O) groups excluding carboxylic acids is 1. The maximum atomic E-state index is 12.1. The van der Waals surface area contributed by atoms with E-state index in [9.17, 15) is 4.79 Å². The second-order valence-corrected chi connectivity index (χ2v) is 7.52. The molecular weight excluding hydrogens is 358 g/mol. The highest BCUT2D eigenvalue weighted by Crippen LogP contribution is 2.22. The van der Waals surface area contributed by atoms with Gasteiger partial charge in [0.15, 0.2) is 11.7 Å². The summed E-state index contributed by atoms with van der Waals surface area (Å²) in [5.74, 6) is 0.442. The summed E-state index contributed by atoms with van der Waals surface area (Å²) in [5.41, 5.74) is 1.91. The molecule has 1 saturated heterocycles. The number of hydrogen-bond donors (Lipinski definition) is 1. The van der Waals surface area contributed by atoms with Crippen molar-refractivity contribution in [3.05, 3.63) is 39.9 Å². The minimum atomic E-state index is -0.215. The number of nitrogens with one attached hydrogen (secondary N) is 1. The van der Waals surface area contributed by atoms with Crippen molar-refractivity contribution in [2.45, 2.75) is 32.7 Å². The van der Waals surface area contributed by atoms with Crippen molar-refractivity contribution in [1.82, 2.24) is 9.88 Å². The fraction of sp³-hybridized carbons (Fsp3) is 0.444. The first-order valence-electron chi connectivity index (χ1n) is 8.46. The molecule has 0 atom stereocenters. The van der Waals surface area contributed by atoms with E-state index in [2.05, 4.69) is 15.2 Å². The van der Waals surface area contributed by atoms with Crippen LogP contribution in [0.1, 0.15) is 30.5 Å². The molecule has 25 heavy (non-hydrogen) atoms. The number of carbonyl (C=O) groups is 1. The number of ether oxygens (including phenoxy) is 1. The Hall–Kier alpha value is -1.63. The summed E-state index contributed by atoms with van der Waals surface area (Å²) in [7, 11) is 0. The van der Waals surface area contributed by atoms with Crippen LogP contribution < -0.4 is 10.1 Å². The summed E-state index contributed by atoms with van der Waals surface area (Å²) in [6.45, 7) is 4.96. The maximum Gasteiger partial charge on any atom is 0.264 e. The van der Waals surface area contributed by atoms with Crippen molar-refractivity contribution < 1.29 is 9.53 Å². The summed E-state index contributed by atoms with van der Waals surface area (Å²) in [6, 6.07) is 5.32. The van der Waals surface area contributed by atoms with E-state index < -0.39 is 0 Å². The zero-order chi connectivity index (χ0) is 17.6. The van der Waals surface area contributed by atoms with Crippen LogP contribution in [0.4, 0.5) is 5.13 Å². The minimum absolute atomic E-state index is 0.0521. The lowest BCUT2D eigenvalue weighted by molar-refractivity contribution is -0.118. The van der Waals surface area contributed by atoms with Crippen LogP contribution >= 0.6 is 22.9 Å². The Morgan fingerprint density at radius 3 is 2.92 bits per heavy atom. The van der Waals surface area contributed by atoms with Crippen LogP contribution in [-0.4, -0.2) is 35.5 Å². The van der Waals surface area contributed by atoms with Gasteiger partial charge in [-0.2, -0.15) is 0 Å². The average Bonchev–Trinajstić information content (AvgIpc) is 3.02. The minimum Gasteiger partial charge on any atom is -0.483 e. The van der Waals surface area contributed by atoms with Gasteiger partial charge in [-0.3, -0.25) is 15.0 Å². The molecule has 3 rings (SSSR count). The molecule has 0 radical (unpaired) electrons. The molecule has 0 saturated carbocycles. The molecule has 1 aliphatic rings. The molecule has 0 spiro atoms. The number of thiazole rings is 1. The second kappa shape index (κ2) is 8.65. The third-order valence-corrected chi connectivity index (χ3v) is 5.17. The summed E-state index contributed by atoms with van der Waals surface area (Å²) >= 11 is 7.36. The molecule has 1 aromatic carbocycles. The molecule has 1 fully saturated rings. The summed E-state index contributed by atoms with van der Waals surface area (Å²) in [4.78, 5) is 19.0. The molecule has 1 N–H and O–H groups in total. The van der Waals surface area contributed by atoms with Gasteiger partial charge in [-0.1, -0.05) is 18.0 Å². The number of likely N-dealkylation sites (tertiary alicyclic amines) is 1. The highest BCUT2D eigenvalue weighted by Gasteiger charge is 2.13. The Kier molecular flexibility index (Phi) is 6.29. The summed E-state index contributed by atoms with van der Waals surface area (Å²) < 4.78 is 5.55. The lowest BCUT2D eigenvalue weighted by Gasteiger charge is -2.25. The predicted octanol–water partition coefficient (Wildman–Crippen LogP) is 4.11. The van der Waals surface area contributed by atoms with Crippen LogP contribution in [-0.2, 0) is 11.3 Å². The molecule has 0 unspecified atom stereocenters. The van der Waals surface area contributed by atoms with Crippen LogP contribution in [0.15, 0.2) is 23.6 Å². The van der Waals surface area contributed by atoms with Gasteiger partial charge in [0, 0.05) is 16.9 Å². The molecular formula is C18H22ClN3O2S. The van der Waals surface area contributed by atoms with Crippen molar-refractivity contribution in [2.24, 2.45) is 0 Å². The van der Waals surface area contributed by atoms with Gasteiger partial charge in [-0.25, -0.2) is 4.98 Å². The Morgan fingerprint density at radius 2 is 2.16 bits per heavy atom. The lowest BCUT2D eigenvalue weighted by atomic mass is 10.1. The van der Waals surface area contributed by atoms with Gasteiger partial charge in [0.05, 0.1) is 5.69 Å². The third-order valence-electron chi connectivity index (χ3n) is 4.13. The van der Waals surface area contributed by atoms with Crippen molar-refractivity contribution in [1.29, 1.82) is 0 Å². The smallest absolute Gasteiger partial charge is 0.264 e. The highest BCUT2D eigenvalue weighted by atomic mass is 35.5. The van der Waals surface area contributed by atoms with Crippen molar-refractivity contribution in [2.75, 3.05) is 25.0 Å². The molecule has 0 bridgehead atoms. The molecule has 1 aromatic heterocycles. The Labute approximate surface area is 157 Å². The van der Waals surface area contributed by atoms with Gasteiger partial charge in [0.25, 0.3) is 5.91 Å². The number of rotatable bonds is 6. The normalized spacial score (nSPS) is 15.1. The summed E-state index contributed by atoms with van der Waals surface area (Å²) in [5, 5.41) is 6.08. The number of halogens is 1. The van der Waals surface area contributed by atoms with Crippen LogP contribution in [0.25, 0.3) is 0 Å². The largest absolute Gasteiger partial charge is 0.483 e. The number of aromatic nitrogens is 1. The molecule has 134 valence electrons. The number of aryl methyl sites for hydroxylation is 1. The predicted molar refractivity (Wildman–Crippen MR) is 102 cm³/mol. The van der Waals surface area contributed by atoms with Crippen molar-refractivity contribution >= 4 is 34.0 Å². The summed E-state index contributed by atoms with van der Waals surface area (Å²) in [6.07, 6.45) is 3.84. The van der Waals surface area contributed by atoms with Gasteiger partial charge in [0.2, 0.25) is 0 Å². The number of benzene rings is 1. The van der Waals surface area contributed by atoms with E-state index in [-0.39, 0.29) is 12.5 Å². The van der Waals surface area contributed by atoms with Gasteiger partial charge < -0.3 is 4.74 Å². The maximum absolute atomic E-state index is 12.1. The highest BCUT2D eigenvalue weighted by molar-refractivity contribution is 7.13.